The number of Topliss-reactive ketones (excluding diaryl/α,β-unsaturated/α-hetero) is 1. The monoisotopic (exact) mass is 415 g/mol. The molecule has 8 heteroatoms. The molecule has 154 valence electrons. The third-order valence-electron chi connectivity index (χ3n) is 5.35. The lowest BCUT2D eigenvalue weighted by atomic mass is 9.80. The summed E-state index contributed by atoms with van der Waals surface area (Å²) in [4.78, 5) is 36.8. The Balaban J connectivity index is 1.84. The average molecular weight is 415 g/mol. The Bertz CT molecular complexity index is 1220. The van der Waals surface area contributed by atoms with Crippen molar-refractivity contribution in [3.63, 3.8) is 0 Å². The predicted octanol–water partition coefficient (Wildman–Crippen LogP) is 3.62. The summed E-state index contributed by atoms with van der Waals surface area (Å²) in [6, 6.07) is 14.9. The van der Waals surface area contributed by atoms with Gasteiger partial charge in [-0.05, 0) is 12.5 Å². The summed E-state index contributed by atoms with van der Waals surface area (Å²) in [5, 5.41) is 23.0. The summed E-state index contributed by atoms with van der Waals surface area (Å²) in [5.41, 5.74) is 3.52. The van der Waals surface area contributed by atoms with Crippen LogP contribution in [0, 0.1) is 21.4 Å². The standard InChI is InChI=1S/C23H17N3O5/c1-13-18(23(28)31-12-4-11-24)19(14-7-9-15(10-8-14)26(29)30)20-21(25-13)16-5-2-3-6-17(16)22(20)27/h2-3,5-10,19,25H,4,12H2,1H3. The van der Waals surface area contributed by atoms with Crippen molar-refractivity contribution in [2.75, 3.05) is 6.61 Å². The number of benzene rings is 2. The first kappa shape index (κ1) is 20.0. The second kappa shape index (κ2) is 7.88. The van der Waals surface area contributed by atoms with E-state index in [0.29, 0.717) is 28.1 Å². The zero-order chi connectivity index (χ0) is 22.1. The minimum Gasteiger partial charge on any atom is -0.461 e. The molecule has 2 aromatic rings. The quantitative estimate of drug-likeness (QED) is 0.342. The Morgan fingerprint density at radius 2 is 1.87 bits per heavy atom. The first-order chi connectivity index (χ1) is 14.9. The van der Waals surface area contributed by atoms with Gasteiger partial charge in [0.1, 0.15) is 6.61 Å². The van der Waals surface area contributed by atoms with Gasteiger partial charge in [-0.25, -0.2) is 4.79 Å². The number of carbonyl (C=O) groups excluding carboxylic acids is 2. The first-order valence-corrected chi connectivity index (χ1v) is 9.58. The summed E-state index contributed by atoms with van der Waals surface area (Å²) in [7, 11) is 0. The maximum Gasteiger partial charge on any atom is 0.336 e. The van der Waals surface area contributed by atoms with Crippen LogP contribution >= 0.6 is 0 Å². The number of nitrogens with zero attached hydrogens (tertiary/aromatic N) is 2. The third kappa shape index (κ3) is 3.36. The van der Waals surface area contributed by atoms with Gasteiger partial charge < -0.3 is 10.1 Å². The van der Waals surface area contributed by atoms with E-state index in [9.17, 15) is 19.7 Å². The molecule has 0 spiro atoms. The van der Waals surface area contributed by atoms with E-state index < -0.39 is 16.8 Å². The number of hydrogen-bond donors (Lipinski definition) is 1. The van der Waals surface area contributed by atoms with Crippen molar-refractivity contribution in [3.8, 4) is 6.07 Å². The lowest BCUT2D eigenvalue weighted by molar-refractivity contribution is -0.384. The van der Waals surface area contributed by atoms with Gasteiger partial charge >= 0.3 is 5.97 Å². The molecule has 0 bridgehead atoms. The molecule has 8 nitrogen and oxygen atoms in total. The second-order valence-corrected chi connectivity index (χ2v) is 7.15. The van der Waals surface area contributed by atoms with Crippen molar-refractivity contribution in [2.45, 2.75) is 19.3 Å². The Hall–Kier alpha value is -4.25. The van der Waals surface area contributed by atoms with Crippen LogP contribution in [0.5, 0.6) is 0 Å². The van der Waals surface area contributed by atoms with Crippen molar-refractivity contribution in [1.82, 2.24) is 5.32 Å². The van der Waals surface area contributed by atoms with E-state index in [1.54, 1.807) is 31.2 Å². The zero-order valence-electron chi connectivity index (χ0n) is 16.5. The highest BCUT2D eigenvalue weighted by Gasteiger charge is 2.42. The van der Waals surface area contributed by atoms with Crippen LogP contribution in [0.1, 0.15) is 40.7 Å². The van der Waals surface area contributed by atoms with Crippen LogP contribution in [0.2, 0.25) is 0 Å². The minimum atomic E-state index is -0.758. The van der Waals surface area contributed by atoms with Crippen LogP contribution in [-0.2, 0) is 9.53 Å². The van der Waals surface area contributed by atoms with Crippen LogP contribution in [0.4, 0.5) is 5.69 Å². The number of ketones is 1. The minimum absolute atomic E-state index is 0.0476. The molecular weight excluding hydrogens is 398 g/mol. The summed E-state index contributed by atoms with van der Waals surface area (Å²) in [6.07, 6.45) is 0.0476. The summed E-state index contributed by atoms with van der Waals surface area (Å²) in [6.45, 7) is 1.65. The number of nitro benzene ring substituents is 1. The number of hydrogen-bond acceptors (Lipinski definition) is 7. The number of allylic oxidation sites excluding steroid dienone is 2. The van der Waals surface area contributed by atoms with Gasteiger partial charge in [-0.1, -0.05) is 36.4 Å². The normalized spacial score (nSPS) is 16.9. The van der Waals surface area contributed by atoms with Gasteiger partial charge in [-0.3, -0.25) is 14.9 Å². The number of ether oxygens (including phenoxy) is 1. The molecule has 31 heavy (non-hydrogen) atoms. The molecular formula is C23H17N3O5. The highest BCUT2D eigenvalue weighted by Crippen LogP contribution is 2.46. The van der Waals surface area contributed by atoms with Crippen LogP contribution < -0.4 is 5.32 Å². The van der Waals surface area contributed by atoms with Crippen molar-refractivity contribution in [3.05, 3.63) is 92.2 Å². The number of rotatable bonds is 5. The van der Waals surface area contributed by atoms with E-state index >= 15 is 0 Å². The molecule has 0 saturated heterocycles. The van der Waals surface area contributed by atoms with Crippen LogP contribution in [-0.4, -0.2) is 23.3 Å². The maximum absolute atomic E-state index is 13.3. The van der Waals surface area contributed by atoms with E-state index in [1.165, 1.54) is 12.1 Å². The molecule has 0 radical (unpaired) electrons. The zero-order valence-corrected chi connectivity index (χ0v) is 16.5. The van der Waals surface area contributed by atoms with Crippen molar-refractivity contribution >= 4 is 23.1 Å². The van der Waals surface area contributed by atoms with Crippen LogP contribution in [0.25, 0.3) is 5.70 Å². The van der Waals surface area contributed by atoms with E-state index in [0.717, 1.165) is 5.56 Å². The van der Waals surface area contributed by atoms with E-state index in [-0.39, 0.29) is 30.1 Å². The number of esters is 1. The largest absolute Gasteiger partial charge is 0.461 e. The van der Waals surface area contributed by atoms with Gasteiger partial charge in [0.2, 0.25) is 0 Å². The lowest BCUT2D eigenvalue weighted by Crippen LogP contribution is -2.29. The molecule has 4 rings (SSSR count). The fraction of sp³-hybridized carbons (Fsp3) is 0.174. The number of nitro groups is 1. The smallest absolute Gasteiger partial charge is 0.336 e. The fourth-order valence-electron chi connectivity index (χ4n) is 3.99. The molecule has 1 heterocycles. The van der Waals surface area contributed by atoms with E-state index in [2.05, 4.69) is 5.32 Å². The van der Waals surface area contributed by atoms with Gasteiger partial charge in [-0.15, -0.1) is 0 Å². The van der Waals surface area contributed by atoms with Gasteiger partial charge in [0, 0.05) is 40.4 Å². The van der Waals surface area contributed by atoms with Crippen molar-refractivity contribution in [2.24, 2.45) is 0 Å². The summed E-state index contributed by atoms with van der Waals surface area (Å²) in [5.74, 6) is -1.61. The number of fused-ring (bicyclic) bond motifs is 2. The molecule has 0 aromatic heterocycles. The van der Waals surface area contributed by atoms with Gasteiger partial charge in [0.05, 0.1) is 28.7 Å². The number of carbonyl (C=O) groups is 2. The van der Waals surface area contributed by atoms with E-state index in [4.69, 9.17) is 10.00 Å². The van der Waals surface area contributed by atoms with Gasteiger partial charge in [0.25, 0.3) is 5.69 Å². The molecule has 2 aliphatic rings. The fourth-order valence-corrected chi connectivity index (χ4v) is 3.99. The summed E-state index contributed by atoms with van der Waals surface area (Å²) >= 11 is 0. The molecule has 1 aliphatic carbocycles. The lowest BCUT2D eigenvalue weighted by Gasteiger charge is -2.29. The Morgan fingerprint density at radius 1 is 1.19 bits per heavy atom. The Morgan fingerprint density at radius 3 is 2.52 bits per heavy atom. The Labute approximate surface area is 177 Å². The molecule has 0 fully saturated rings. The van der Waals surface area contributed by atoms with Gasteiger partial charge in [-0.2, -0.15) is 5.26 Å². The predicted molar refractivity (Wildman–Crippen MR) is 111 cm³/mol. The maximum atomic E-state index is 13.3. The van der Waals surface area contributed by atoms with Crippen LogP contribution in [0.15, 0.2) is 65.4 Å². The average Bonchev–Trinajstić information content (AvgIpc) is 3.05. The Kier molecular flexibility index (Phi) is 5.09. The highest BCUT2D eigenvalue weighted by molar-refractivity contribution is 6.23. The first-order valence-electron chi connectivity index (χ1n) is 9.58. The second-order valence-electron chi connectivity index (χ2n) is 7.15. The highest BCUT2D eigenvalue weighted by atomic mass is 16.6. The molecule has 1 N–H and O–H groups in total. The third-order valence-corrected chi connectivity index (χ3v) is 5.35. The number of nitrogens with one attached hydrogen (secondary N) is 1. The van der Waals surface area contributed by atoms with Crippen molar-refractivity contribution in [1.29, 1.82) is 5.26 Å². The number of dihydropyridines is 1. The topological polar surface area (TPSA) is 122 Å². The molecule has 2 aromatic carbocycles. The van der Waals surface area contributed by atoms with Gasteiger partial charge in [0.15, 0.2) is 5.78 Å². The molecule has 0 saturated carbocycles. The van der Waals surface area contributed by atoms with E-state index in [1.807, 2.05) is 18.2 Å². The molecule has 0 amide bonds. The van der Waals surface area contributed by atoms with Crippen molar-refractivity contribution < 1.29 is 19.2 Å². The SMILES string of the molecule is CC1=C(C(=O)OCCC#N)C(c2ccc([N+](=O)[O-])cc2)C2=C(N1)c1ccccc1C2=O. The number of nitriles is 1. The number of non-ortho nitro benzene ring substituents is 1. The molecule has 1 aliphatic heterocycles. The molecule has 1 unspecified atom stereocenters. The summed E-state index contributed by atoms with van der Waals surface area (Å²) < 4.78 is 5.27. The molecule has 1 atom stereocenters. The van der Waals surface area contributed by atoms with Crippen LogP contribution in [0.3, 0.4) is 0 Å².